The first-order valence-corrected chi connectivity index (χ1v) is 13.0. The number of amidine groups is 1. The third-order valence-electron chi connectivity index (χ3n) is 7.55. The Bertz CT molecular complexity index is 1420. The highest BCUT2D eigenvalue weighted by Crippen LogP contribution is 2.39. The molecule has 4 saturated heterocycles. The predicted molar refractivity (Wildman–Crippen MR) is 134 cm³/mol. The summed E-state index contributed by atoms with van der Waals surface area (Å²) in [5.74, 6) is -4.18. The van der Waals surface area contributed by atoms with Gasteiger partial charge in [0.1, 0.15) is 18.2 Å². The average molecular weight is 583 g/mol. The van der Waals surface area contributed by atoms with Crippen molar-refractivity contribution in [1.82, 2.24) is 19.7 Å². The van der Waals surface area contributed by atoms with Gasteiger partial charge in [-0.05, 0) is 31.0 Å². The van der Waals surface area contributed by atoms with Crippen LogP contribution in [0.25, 0.3) is 0 Å². The third kappa shape index (κ3) is 4.98. The number of alkyl halides is 3. The van der Waals surface area contributed by atoms with Crippen LogP contribution in [-0.2, 0) is 9.63 Å². The smallest absolute Gasteiger partial charge is 0.329 e. The number of allylic oxidation sites excluding steroid dienone is 2. The number of likely N-dealkylation sites (N-methyl/N-ethyl adjacent to an activating group) is 1. The number of quaternary nitrogens is 1. The Labute approximate surface area is 232 Å². The highest BCUT2D eigenvalue weighted by molar-refractivity contribution is 6.10. The second kappa shape index (κ2) is 9.64. The zero-order valence-corrected chi connectivity index (χ0v) is 22.8. The summed E-state index contributed by atoms with van der Waals surface area (Å²) >= 11 is 0. The Kier molecular flexibility index (Phi) is 6.75. The van der Waals surface area contributed by atoms with Gasteiger partial charge in [0.15, 0.2) is 0 Å². The second-order valence-electron chi connectivity index (χ2n) is 11.8. The van der Waals surface area contributed by atoms with Crippen LogP contribution in [0.5, 0.6) is 0 Å². The zero-order chi connectivity index (χ0) is 30.1. The normalized spacial score (nSPS) is 26.0. The maximum atomic E-state index is 14.3. The molecule has 5 aliphatic rings. The molecule has 41 heavy (non-hydrogen) atoms. The van der Waals surface area contributed by atoms with Gasteiger partial charge in [0.05, 0.1) is 37.8 Å². The molecule has 6 rings (SSSR count). The van der Waals surface area contributed by atoms with E-state index in [1.807, 2.05) is 4.90 Å². The van der Waals surface area contributed by atoms with Gasteiger partial charge in [-0.3, -0.25) is 9.69 Å². The fourth-order valence-electron chi connectivity index (χ4n) is 5.86. The van der Waals surface area contributed by atoms with E-state index in [1.165, 1.54) is 18.0 Å². The number of amides is 3. The van der Waals surface area contributed by atoms with E-state index in [0.717, 1.165) is 23.1 Å². The van der Waals surface area contributed by atoms with Crippen LogP contribution in [0.2, 0.25) is 0 Å². The van der Waals surface area contributed by atoms with Gasteiger partial charge in [-0.25, -0.2) is 18.4 Å². The number of rotatable bonds is 4. The molecular weight excluding hydrogens is 553 g/mol. The molecule has 4 fully saturated rings. The minimum atomic E-state index is -5.32. The monoisotopic (exact) mass is 582 g/mol. The molecule has 1 aromatic carbocycles. The highest BCUT2D eigenvalue weighted by Gasteiger charge is 2.67. The van der Waals surface area contributed by atoms with E-state index in [1.54, 1.807) is 26.8 Å². The lowest BCUT2D eigenvalue weighted by atomic mass is 9.90. The number of urea groups is 1. The van der Waals surface area contributed by atoms with Crippen molar-refractivity contribution in [2.24, 2.45) is 5.41 Å². The first-order valence-electron chi connectivity index (χ1n) is 13.0. The van der Waals surface area contributed by atoms with E-state index in [0.29, 0.717) is 25.2 Å². The maximum absolute atomic E-state index is 14.3. The molecule has 219 valence electrons. The second-order valence-corrected chi connectivity index (χ2v) is 11.8. The number of piperidine rings is 2. The number of hydrogen-bond acceptors (Lipinski definition) is 6. The zero-order valence-electron chi connectivity index (χ0n) is 22.8. The lowest BCUT2D eigenvalue weighted by Gasteiger charge is -2.49. The molecule has 2 bridgehead atoms. The number of hydroxylamine groups is 3. The van der Waals surface area contributed by atoms with Crippen molar-refractivity contribution in [2.75, 3.05) is 26.7 Å². The summed E-state index contributed by atoms with van der Waals surface area (Å²) in [4.78, 5) is 52.5. The Morgan fingerprint density at radius 3 is 2.37 bits per heavy atom. The molecule has 1 aromatic rings. The third-order valence-corrected chi connectivity index (χ3v) is 7.55. The Hall–Kier alpha value is -3.81. The van der Waals surface area contributed by atoms with Gasteiger partial charge < -0.3 is 4.90 Å². The summed E-state index contributed by atoms with van der Waals surface area (Å²) in [6.45, 7) is 5.38. The van der Waals surface area contributed by atoms with Crippen LogP contribution in [0, 0.1) is 17.0 Å². The molecular formula is C27H29F5N5O4+2. The first kappa shape index (κ1) is 28.7. The number of piperazine rings is 1. The molecule has 3 atom stereocenters. The van der Waals surface area contributed by atoms with E-state index in [-0.39, 0.29) is 42.3 Å². The fourth-order valence-corrected chi connectivity index (χ4v) is 5.86. The van der Waals surface area contributed by atoms with Crippen molar-refractivity contribution in [3.63, 3.8) is 0 Å². The van der Waals surface area contributed by atoms with Crippen molar-refractivity contribution >= 4 is 23.7 Å². The molecule has 1 radical (unpaired) electrons. The maximum Gasteiger partial charge on any atom is 0.529 e. The molecule has 0 N–H and O–H groups in total. The molecule has 3 amide bonds. The SMILES string of the molecule is CN1C(=O)[N+](CC(C)(C)C)(OC(=O)C(F)(F)F)C2=CC=C(N3CC4CCC3CN4C(=O)c3cc(F)ccc3F)[N+]=C21. The van der Waals surface area contributed by atoms with Crippen molar-refractivity contribution in [3.05, 3.63) is 59.1 Å². The van der Waals surface area contributed by atoms with Crippen LogP contribution >= 0.6 is 0 Å². The molecule has 0 spiro atoms. The number of carbonyl (C=O) groups excluding carboxylic acids is 3. The number of aliphatic imine (C=N–C) groups is 1. The summed E-state index contributed by atoms with van der Waals surface area (Å²) in [6.07, 6.45) is -1.03. The molecule has 0 saturated carbocycles. The van der Waals surface area contributed by atoms with Gasteiger partial charge in [-0.15, -0.1) is 0 Å². The Morgan fingerprint density at radius 2 is 1.76 bits per heavy atom. The number of fused-ring (bicyclic) bond motifs is 4. The quantitative estimate of drug-likeness (QED) is 0.400. The van der Waals surface area contributed by atoms with Crippen LogP contribution in [0.1, 0.15) is 44.0 Å². The van der Waals surface area contributed by atoms with E-state index < -0.39 is 45.8 Å². The number of carbonyl (C=O) groups is 3. The molecule has 0 aliphatic carbocycles. The topological polar surface area (TPSA) is 84.3 Å². The molecule has 3 unspecified atom stereocenters. The average Bonchev–Trinajstić information content (AvgIpc) is 3.09. The summed E-state index contributed by atoms with van der Waals surface area (Å²) < 4.78 is 66.4. The van der Waals surface area contributed by atoms with Crippen LogP contribution in [0.3, 0.4) is 0 Å². The van der Waals surface area contributed by atoms with E-state index in [4.69, 9.17) is 4.84 Å². The number of halogens is 5. The van der Waals surface area contributed by atoms with E-state index >= 15 is 0 Å². The standard InChI is InChI=1S/C27H29F5N5O4/c1-26(2,3)14-37(41-24(39)27(30,31)32)20-9-10-21(33-22(20)34(4)25(37)40)35-12-17-7-6-16(35)13-36(17)23(38)18-11-15(28)5-8-19(18)29/h5,8-11,16-17H,6-7,12-14H2,1-4H3/q+2. The van der Waals surface area contributed by atoms with Gasteiger partial charge in [0.25, 0.3) is 17.4 Å². The highest BCUT2D eigenvalue weighted by atomic mass is 19.4. The fraction of sp³-hybridized carbons (Fsp3) is 0.481. The van der Waals surface area contributed by atoms with Crippen LogP contribution < -0.4 is 4.99 Å². The molecule has 14 heteroatoms. The predicted octanol–water partition coefficient (Wildman–Crippen LogP) is 3.68. The van der Waals surface area contributed by atoms with Crippen LogP contribution in [0.4, 0.5) is 26.7 Å². The molecule has 0 aromatic heterocycles. The van der Waals surface area contributed by atoms with E-state index in [2.05, 4.69) is 4.99 Å². The summed E-state index contributed by atoms with van der Waals surface area (Å²) in [5.41, 5.74) is -1.08. The van der Waals surface area contributed by atoms with Gasteiger partial charge >= 0.3 is 24.0 Å². The Balaban J connectivity index is 1.44. The lowest BCUT2D eigenvalue weighted by Crippen LogP contribution is -2.64. The number of hydrogen-bond donors (Lipinski definition) is 0. The van der Waals surface area contributed by atoms with Crippen molar-refractivity contribution in [3.8, 4) is 0 Å². The van der Waals surface area contributed by atoms with E-state index in [9.17, 15) is 36.3 Å². The van der Waals surface area contributed by atoms with Gasteiger partial charge in [-0.1, -0.05) is 25.8 Å². The number of benzene rings is 1. The minimum Gasteiger partial charge on any atom is -0.329 e. The molecule has 5 heterocycles. The molecule has 9 nitrogen and oxygen atoms in total. The van der Waals surface area contributed by atoms with Crippen LogP contribution in [-0.4, -0.2) is 88.0 Å². The van der Waals surface area contributed by atoms with Gasteiger partial charge in [-0.2, -0.15) is 22.9 Å². The summed E-state index contributed by atoms with van der Waals surface area (Å²) in [7, 11) is 1.35. The largest absolute Gasteiger partial charge is 0.529 e. The summed E-state index contributed by atoms with van der Waals surface area (Å²) in [5, 5.41) is 0. The minimum absolute atomic E-state index is 0.00525. The number of nitrogens with zero attached hydrogens (tertiary/aromatic N) is 5. The lowest BCUT2D eigenvalue weighted by molar-refractivity contribution is -0.992. The summed E-state index contributed by atoms with van der Waals surface area (Å²) in [6, 6.07) is 1.27. The van der Waals surface area contributed by atoms with Crippen molar-refractivity contribution in [2.45, 2.75) is 51.9 Å². The first-order chi connectivity index (χ1) is 19.0. The van der Waals surface area contributed by atoms with Crippen molar-refractivity contribution < 1.29 is 45.8 Å². The van der Waals surface area contributed by atoms with Crippen LogP contribution in [0.15, 0.2) is 41.9 Å². The van der Waals surface area contributed by atoms with Crippen molar-refractivity contribution in [1.29, 1.82) is 0 Å². The molecule has 5 aliphatic heterocycles. The van der Waals surface area contributed by atoms with Gasteiger partial charge in [0.2, 0.25) is 0 Å². The Morgan fingerprint density at radius 1 is 1.07 bits per heavy atom. The van der Waals surface area contributed by atoms with Gasteiger partial charge in [0, 0.05) is 22.2 Å².